The molecule has 0 amide bonds. The Morgan fingerprint density at radius 1 is 1.43 bits per heavy atom. The molecule has 0 saturated heterocycles. The van der Waals surface area contributed by atoms with E-state index in [9.17, 15) is 5.11 Å². The van der Waals surface area contributed by atoms with E-state index in [1.807, 2.05) is 19.2 Å². The summed E-state index contributed by atoms with van der Waals surface area (Å²) >= 11 is 0. The third kappa shape index (κ3) is 1.53. The fourth-order valence-corrected chi connectivity index (χ4v) is 1.85. The fraction of sp³-hybridized carbons (Fsp3) is 0.333. The Bertz CT molecular complexity index is 443. The van der Waals surface area contributed by atoms with Crippen LogP contribution in [0, 0.1) is 6.92 Å². The van der Waals surface area contributed by atoms with Gasteiger partial charge in [-0.05, 0) is 25.0 Å². The predicted octanol–water partition coefficient (Wildman–Crippen LogP) is 2.40. The van der Waals surface area contributed by atoms with Gasteiger partial charge in [-0.15, -0.1) is 0 Å². The summed E-state index contributed by atoms with van der Waals surface area (Å²) in [4.78, 5) is 3.25. The molecular weight excluding hydrogens is 174 g/mol. The maximum Gasteiger partial charge on any atom is 0.0553 e. The standard InChI is InChI=1S/C12H15NO/c1-8-7-13-12-10(6-9(2)14)4-3-5-11(8)12/h3-5,7,9,13-14H,6H2,1-2H3. The number of hydrogen-bond donors (Lipinski definition) is 2. The molecule has 1 aromatic carbocycles. The Morgan fingerprint density at radius 3 is 2.93 bits per heavy atom. The average molecular weight is 189 g/mol. The van der Waals surface area contributed by atoms with Crippen molar-refractivity contribution in [1.29, 1.82) is 0 Å². The first-order valence-corrected chi connectivity index (χ1v) is 4.92. The fourth-order valence-electron chi connectivity index (χ4n) is 1.85. The molecule has 1 unspecified atom stereocenters. The van der Waals surface area contributed by atoms with Gasteiger partial charge in [0.05, 0.1) is 6.10 Å². The topological polar surface area (TPSA) is 36.0 Å². The van der Waals surface area contributed by atoms with Crippen molar-refractivity contribution < 1.29 is 5.11 Å². The van der Waals surface area contributed by atoms with Crippen molar-refractivity contribution in [3.8, 4) is 0 Å². The van der Waals surface area contributed by atoms with Crippen molar-refractivity contribution in [3.05, 3.63) is 35.5 Å². The number of aromatic amines is 1. The Hall–Kier alpha value is -1.28. The smallest absolute Gasteiger partial charge is 0.0553 e. The molecule has 0 aliphatic rings. The van der Waals surface area contributed by atoms with Crippen LogP contribution in [0.5, 0.6) is 0 Å². The maximum atomic E-state index is 9.36. The number of hydrogen-bond acceptors (Lipinski definition) is 1. The summed E-state index contributed by atoms with van der Waals surface area (Å²) in [6.07, 6.45) is 2.43. The summed E-state index contributed by atoms with van der Waals surface area (Å²) in [5.74, 6) is 0. The minimum atomic E-state index is -0.288. The quantitative estimate of drug-likeness (QED) is 0.747. The molecule has 14 heavy (non-hydrogen) atoms. The lowest BCUT2D eigenvalue weighted by molar-refractivity contribution is 0.196. The Labute approximate surface area is 83.6 Å². The van der Waals surface area contributed by atoms with Crippen LogP contribution in [0.3, 0.4) is 0 Å². The Kier molecular flexibility index (Phi) is 2.30. The lowest BCUT2D eigenvalue weighted by atomic mass is 10.0. The first-order valence-electron chi connectivity index (χ1n) is 4.92. The van der Waals surface area contributed by atoms with E-state index in [4.69, 9.17) is 0 Å². The summed E-state index contributed by atoms with van der Waals surface area (Å²) in [5.41, 5.74) is 3.60. The van der Waals surface area contributed by atoms with Gasteiger partial charge >= 0.3 is 0 Å². The zero-order chi connectivity index (χ0) is 10.1. The highest BCUT2D eigenvalue weighted by Gasteiger charge is 2.06. The zero-order valence-corrected chi connectivity index (χ0v) is 8.54. The maximum absolute atomic E-state index is 9.36. The van der Waals surface area contributed by atoms with Gasteiger partial charge < -0.3 is 10.1 Å². The molecule has 0 fully saturated rings. The number of fused-ring (bicyclic) bond motifs is 1. The third-order valence-electron chi connectivity index (χ3n) is 2.52. The highest BCUT2D eigenvalue weighted by atomic mass is 16.3. The molecule has 0 aliphatic heterocycles. The third-order valence-corrected chi connectivity index (χ3v) is 2.52. The van der Waals surface area contributed by atoms with Crippen LogP contribution in [0.2, 0.25) is 0 Å². The summed E-state index contributed by atoms with van der Waals surface area (Å²) in [7, 11) is 0. The van der Waals surface area contributed by atoms with Crippen LogP contribution in [0.1, 0.15) is 18.1 Å². The van der Waals surface area contributed by atoms with Gasteiger partial charge in [0, 0.05) is 23.5 Å². The lowest BCUT2D eigenvalue weighted by Crippen LogP contribution is -2.04. The number of rotatable bonds is 2. The number of para-hydroxylation sites is 1. The molecule has 2 rings (SSSR count). The van der Waals surface area contributed by atoms with Crippen molar-refractivity contribution in [2.24, 2.45) is 0 Å². The first kappa shape index (κ1) is 9.28. The molecule has 0 bridgehead atoms. The van der Waals surface area contributed by atoms with E-state index in [2.05, 4.69) is 24.0 Å². The molecule has 74 valence electrons. The number of aromatic nitrogens is 1. The second-order valence-electron chi connectivity index (χ2n) is 3.86. The molecule has 0 saturated carbocycles. The molecule has 0 radical (unpaired) electrons. The largest absolute Gasteiger partial charge is 0.393 e. The van der Waals surface area contributed by atoms with Crippen LogP contribution in [-0.4, -0.2) is 16.2 Å². The molecule has 2 heteroatoms. The van der Waals surface area contributed by atoms with Gasteiger partial charge in [0.1, 0.15) is 0 Å². The van der Waals surface area contributed by atoms with Crippen LogP contribution < -0.4 is 0 Å². The first-order chi connectivity index (χ1) is 6.68. The Morgan fingerprint density at radius 2 is 2.21 bits per heavy atom. The summed E-state index contributed by atoms with van der Waals surface area (Å²) < 4.78 is 0. The second-order valence-corrected chi connectivity index (χ2v) is 3.86. The van der Waals surface area contributed by atoms with Crippen molar-refractivity contribution in [1.82, 2.24) is 4.98 Å². The highest BCUT2D eigenvalue weighted by Crippen LogP contribution is 2.21. The minimum Gasteiger partial charge on any atom is -0.393 e. The molecule has 1 heterocycles. The number of aliphatic hydroxyl groups is 1. The van der Waals surface area contributed by atoms with E-state index >= 15 is 0 Å². The molecular formula is C12H15NO. The molecule has 2 aromatic rings. The van der Waals surface area contributed by atoms with Gasteiger partial charge in [-0.3, -0.25) is 0 Å². The SMILES string of the molecule is Cc1c[nH]c2c(CC(C)O)cccc12. The molecule has 2 nitrogen and oxygen atoms in total. The van der Waals surface area contributed by atoms with Gasteiger partial charge in [-0.1, -0.05) is 18.2 Å². The van der Waals surface area contributed by atoms with Crippen LogP contribution in [0.4, 0.5) is 0 Å². The van der Waals surface area contributed by atoms with Gasteiger partial charge in [0.25, 0.3) is 0 Å². The van der Waals surface area contributed by atoms with Crippen molar-refractivity contribution >= 4 is 10.9 Å². The van der Waals surface area contributed by atoms with Crippen LogP contribution >= 0.6 is 0 Å². The monoisotopic (exact) mass is 189 g/mol. The summed E-state index contributed by atoms with van der Waals surface area (Å²) in [5, 5.41) is 10.6. The number of benzene rings is 1. The highest BCUT2D eigenvalue weighted by molar-refractivity contribution is 5.85. The van der Waals surface area contributed by atoms with Crippen LogP contribution in [0.15, 0.2) is 24.4 Å². The Balaban J connectivity index is 2.54. The molecule has 1 aromatic heterocycles. The van der Waals surface area contributed by atoms with Crippen LogP contribution in [-0.2, 0) is 6.42 Å². The number of aryl methyl sites for hydroxylation is 1. The lowest BCUT2D eigenvalue weighted by Gasteiger charge is -2.05. The van der Waals surface area contributed by atoms with Crippen molar-refractivity contribution in [2.75, 3.05) is 0 Å². The summed E-state index contributed by atoms with van der Waals surface area (Å²) in [6, 6.07) is 6.21. The van der Waals surface area contributed by atoms with Crippen molar-refractivity contribution in [2.45, 2.75) is 26.4 Å². The number of aliphatic hydroxyl groups excluding tert-OH is 1. The number of nitrogens with one attached hydrogen (secondary N) is 1. The van der Waals surface area contributed by atoms with E-state index in [-0.39, 0.29) is 6.10 Å². The molecule has 2 N–H and O–H groups in total. The van der Waals surface area contributed by atoms with E-state index in [0.717, 1.165) is 5.52 Å². The molecule has 0 spiro atoms. The zero-order valence-electron chi connectivity index (χ0n) is 8.54. The van der Waals surface area contributed by atoms with Gasteiger partial charge in [-0.25, -0.2) is 0 Å². The van der Waals surface area contributed by atoms with Gasteiger partial charge in [0.2, 0.25) is 0 Å². The van der Waals surface area contributed by atoms with E-state index in [1.54, 1.807) is 0 Å². The summed E-state index contributed by atoms with van der Waals surface area (Å²) in [6.45, 7) is 3.90. The molecule has 0 aliphatic carbocycles. The molecule has 1 atom stereocenters. The van der Waals surface area contributed by atoms with E-state index in [1.165, 1.54) is 16.5 Å². The van der Waals surface area contributed by atoms with E-state index in [0.29, 0.717) is 6.42 Å². The minimum absolute atomic E-state index is 0.288. The van der Waals surface area contributed by atoms with Gasteiger partial charge in [-0.2, -0.15) is 0 Å². The number of H-pyrrole nitrogens is 1. The average Bonchev–Trinajstić information content (AvgIpc) is 2.49. The van der Waals surface area contributed by atoms with Crippen molar-refractivity contribution in [3.63, 3.8) is 0 Å². The normalized spacial score (nSPS) is 13.4. The predicted molar refractivity (Wildman–Crippen MR) is 58.4 cm³/mol. The van der Waals surface area contributed by atoms with E-state index < -0.39 is 0 Å². The second kappa shape index (κ2) is 3.46. The van der Waals surface area contributed by atoms with Gasteiger partial charge in [0.15, 0.2) is 0 Å². The van der Waals surface area contributed by atoms with Crippen LogP contribution in [0.25, 0.3) is 10.9 Å².